The van der Waals surface area contributed by atoms with Gasteiger partial charge in [0.25, 0.3) is 5.56 Å². The summed E-state index contributed by atoms with van der Waals surface area (Å²) >= 11 is 1.61. The number of thiophene rings is 1. The van der Waals surface area contributed by atoms with Crippen LogP contribution in [0.4, 0.5) is 13.2 Å². The number of fused-ring (bicyclic) bond motifs is 1. The standard InChI is InChI=1S/C18H15F3N4OS/c19-18(20,21)17-23-13-6-7-25(10-12(13)16(26)24-17)9-11-3-1-4-14(22-11)15-5-2-8-27-15/h1-5,8H,6-7,9-10H2,(H,23,24,26). The van der Waals surface area contributed by atoms with Crippen LogP contribution in [0.2, 0.25) is 0 Å². The van der Waals surface area contributed by atoms with E-state index in [2.05, 4.69) is 9.97 Å². The monoisotopic (exact) mass is 392 g/mol. The van der Waals surface area contributed by atoms with E-state index in [1.54, 1.807) is 11.3 Å². The third kappa shape index (κ3) is 3.79. The molecule has 4 heterocycles. The number of halogens is 3. The van der Waals surface area contributed by atoms with Crippen LogP contribution in [0.15, 0.2) is 40.5 Å². The van der Waals surface area contributed by atoms with Crippen LogP contribution >= 0.6 is 11.3 Å². The van der Waals surface area contributed by atoms with Gasteiger partial charge in [-0.3, -0.25) is 14.7 Å². The molecule has 3 aromatic heterocycles. The molecular weight excluding hydrogens is 377 g/mol. The molecule has 0 radical (unpaired) electrons. The Labute approximate surface area is 156 Å². The van der Waals surface area contributed by atoms with Crippen molar-refractivity contribution in [3.8, 4) is 10.6 Å². The fourth-order valence-electron chi connectivity index (χ4n) is 3.11. The average molecular weight is 392 g/mol. The summed E-state index contributed by atoms with van der Waals surface area (Å²) in [5.41, 5.74) is 1.53. The lowest BCUT2D eigenvalue weighted by molar-refractivity contribution is -0.145. The fraction of sp³-hybridized carbons (Fsp3) is 0.278. The van der Waals surface area contributed by atoms with Crippen molar-refractivity contribution in [3.63, 3.8) is 0 Å². The van der Waals surface area contributed by atoms with Gasteiger partial charge in [-0.2, -0.15) is 13.2 Å². The van der Waals surface area contributed by atoms with Crippen LogP contribution in [-0.4, -0.2) is 26.4 Å². The van der Waals surface area contributed by atoms with Gasteiger partial charge in [0, 0.05) is 26.1 Å². The zero-order valence-electron chi connectivity index (χ0n) is 14.1. The molecule has 0 saturated carbocycles. The summed E-state index contributed by atoms with van der Waals surface area (Å²) in [5, 5.41) is 1.99. The third-order valence-electron chi connectivity index (χ3n) is 4.38. The Kier molecular flexibility index (Phi) is 4.56. The summed E-state index contributed by atoms with van der Waals surface area (Å²) in [4.78, 5) is 25.3. The average Bonchev–Trinajstić information content (AvgIpc) is 3.16. The van der Waals surface area contributed by atoms with E-state index in [9.17, 15) is 18.0 Å². The van der Waals surface area contributed by atoms with Crippen LogP contribution in [0.1, 0.15) is 22.8 Å². The first-order valence-corrected chi connectivity index (χ1v) is 9.19. The zero-order chi connectivity index (χ0) is 19.0. The number of aromatic amines is 1. The number of nitrogens with zero attached hydrogens (tertiary/aromatic N) is 3. The second kappa shape index (κ2) is 6.90. The lowest BCUT2D eigenvalue weighted by Gasteiger charge is -2.27. The van der Waals surface area contributed by atoms with E-state index >= 15 is 0 Å². The molecule has 0 aliphatic carbocycles. The molecule has 0 atom stereocenters. The number of rotatable bonds is 3. The molecule has 1 N–H and O–H groups in total. The molecule has 0 aromatic carbocycles. The van der Waals surface area contributed by atoms with Gasteiger partial charge >= 0.3 is 6.18 Å². The predicted molar refractivity (Wildman–Crippen MR) is 95.2 cm³/mol. The van der Waals surface area contributed by atoms with Gasteiger partial charge in [0.05, 0.1) is 27.5 Å². The molecule has 1 aliphatic rings. The Balaban J connectivity index is 1.54. The van der Waals surface area contributed by atoms with E-state index in [1.165, 1.54) is 0 Å². The van der Waals surface area contributed by atoms with Gasteiger partial charge in [0.2, 0.25) is 5.82 Å². The Morgan fingerprint density at radius 1 is 1.19 bits per heavy atom. The van der Waals surface area contributed by atoms with Crippen molar-refractivity contribution >= 4 is 11.3 Å². The Bertz CT molecular complexity index is 1010. The van der Waals surface area contributed by atoms with Crippen LogP contribution < -0.4 is 5.56 Å². The first kappa shape index (κ1) is 17.9. The summed E-state index contributed by atoms with van der Waals surface area (Å²) in [6, 6.07) is 9.73. The molecule has 0 saturated heterocycles. The molecule has 0 amide bonds. The molecule has 27 heavy (non-hydrogen) atoms. The number of hydrogen-bond acceptors (Lipinski definition) is 5. The minimum atomic E-state index is -4.66. The Morgan fingerprint density at radius 2 is 2.04 bits per heavy atom. The number of pyridine rings is 1. The second-order valence-corrected chi connectivity index (χ2v) is 7.24. The van der Waals surface area contributed by atoms with Crippen LogP contribution in [0.3, 0.4) is 0 Å². The summed E-state index contributed by atoms with van der Waals surface area (Å²) in [5.74, 6) is -1.23. The van der Waals surface area contributed by atoms with Gasteiger partial charge in [-0.05, 0) is 23.6 Å². The SMILES string of the molecule is O=c1[nH]c(C(F)(F)F)nc2c1CN(Cc1cccc(-c3cccs3)n1)CC2. The smallest absolute Gasteiger partial charge is 0.303 e. The van der Waals surface area contributed by atoms with E-state index in [-0.39, 0.29) is 12.2 Å². The number of nitrogens with one attached hydrogen (secondary N) is 1. The molecule has 0 bridgehead atoms. The minimum Gasteiger partial charge on any atom is -0.303 e. The lowest BCUT2D eigenvalue weighted by Crippen LogP contribution is -2.36. The van der Waals surface area contributed by atoms with Crippen molar-refractivity contribution < 1.29 is 13.2 Å². The van der Waals surface area contributed by atoms with E-state index in [4.69, 9.17) is 0 Å². The van der Waals surface area contributed by atoms with Gasteiger partial charge in [-0.25, -0.2) is 4.98 Å². The van der Waals surface area contributed by atoms with Crippen molar-refractivity contribution in [2.24, 2.45) is 0 Å². The van der Waals surface area contributed by atoms with Gasteiger partial charge in [0.15, 0.2) is 0 Å². The maximum Gasteiger partial charge on any atom is 0.449 e. The maximum atomic E-state index is 12.8. The molecule has 5 nitrogen and oxygen atoms in total. The molecule has 9 heteroatoms. The Hall–Kier alpha value is -2.52. The highest BCUT2D eigenvalue weighted by Crippen LogP contribution is 2.27. The molecule has 0 spiro atoms. The summed E-state index contributed by atoms with van der Waals surface area (Å²) in [6.07, 6.45) is -4.36. The zero-order valence-corrected chi connectivity index (χ0v) is 14.9. The highest BCUT2D eigenvalue weighted by Gasteiger charge is 2.35. The van der Waals surface area contributed by atoms with Crippen molar-refractivity contribution in [3.05, 3.63) is 68.8 Å². The molecular formula is C18H15F3N4OS. The van der Waals surface area contributed by atoms with Crippen LogP contribution in [0.5, 0.6) is 0 Å². The van der Waals surface area contributed by atoms with E-state index in [0.717, 1.165) is 16.3 Å². The van der Waals surface area contributed by atoms with Crippen molar-refractivity contribution in [1.82, 2.24) is 19.9 Å². The van der Waals surface area contributed by atoms with Crippen molar-refractivity contribution in [2.45, 2.75) is 25.7 Å². The summed E-state index contributed by atoms with van der Waals surface area (Å²) in [6.45, 7) is 1.28. The minimum absolute atomic E-state index is 0.225. The molecule has 3 aromatic rings. The van der Waals surface area contributed by atoms with Crippen LogP contribution in [-0.2, 0) is 25.7 Å². The van der Waals surface area contributed by atoms with Crippen molar-refractivity contribution in [2.75, 3.05) is 6.54 Å². The molecule has 140 valence electrons. The van der Waals surface area contributed by atoms with Gasteiger partial charge in [0.1, 0.15) is 0 Å². The van der Waals surface area contributed by atoms with E-state index < -0.39 is 17.6 Å². The van der Waals surface area contributed by atoms with Gasteiger partial charge < -0.3 is 4.98 Å². The van der Waals surface area contributed by atoms with Gasteiger partial charge in [-0.15, -0.1) is 11.3 Å². The number of hydrogen-bond donors (Lipinski definition) is 1. The number of H-pyrrole nitrogens is 1. The highest BCUT2D eigenvalue weighted by molar-refractivity contribution is 7.13. The Morgan fingerprint density at radius 3 is 2.78 bits per heavy atom. The summed E-state index contributed by atoms with van der Waals surface area (Å²) in [7, 11) is 0. The topological polar surface area (TPSA) is 61.9 Å². The molecule has 4 rings (SSSR count). The van der Waals surface area contributed by atoms with E-state index in [1.807, 2.05) is 45.6 Å². The fourth-order valence-corrected chi connectivity index (χ4v) is 3.80. The third-order valence-corrected chi connectivity index (χ3v) is 5.27. The van der Waals surface area contributed by atoms with E-state index in [0.29, 0.717) is 25.1 Å². The summed E-state index contributed by atoms with van der Waals surface area (Å²) < 4.78 is 38.4. The van der Waals surface area contributed by atoms with Crippen LogP contribution in [0, 0.1) is 0 Å². The quantitative estimate of drug-likeness (QED) is 0.742. The van der Waals surface area contributed by atoms with Crippen LogP contribution in [0.25, 0.3) is 10.6 Å². The lowest BCUT2D eigenvalue weighted by atomic mass is 10.1. The molecule has 0 fully saturated rings. The first-order valence-electron chi connectivity index (χ1n) is 8.31. The normalized spacial score (nSPS) is 14.9. The number of aromatic nitrogens is 3. The largest absolute Gasteiger partial charge is 0.449 e. The second-order valence-electron chi connectivity index (χ2n) is 6.29. The number of alkyl halides is 3. The highest BCUT2D eigenvalue weighted by atomic mass is 32.1. The van der Waals surface area contributed by atoms with Crippen molar-refractivity contribution in [1.29, 1.82) is 0 Å². The molecule has 0 unspecified atom stereocenters. The van der Waals surface area contributed by atoms with Gasteiger partial charge in [-0.1, -0.05) is 12.1 Å². The first-order chi connectivity index (χ1) is 12.9. The predicted octanol–water partition coefficient (Wildman–Crippen LogP) is 3.47. The maximum absolute atomic E-state index is 12.8. The molecule has 1 aliphatic heterocycles.